The standard InChI is InChI=1S/C16H17ClN2O/c1-10-7-15(16(17)18-9-10)19-14-4-2-3-11-8-12(20)5-6-13(11)14/h5-9,14,19-20H,2-4H2,1H3. The highest BCUT2D eigenvalue weighted by Crippen LogP contribution is 2.35. The van der Waals surface area contributed by atoms with Gasteiger partial charge in [0.2, 0.25) is 0 Å². The number of benzene rings is 1. The number of aromatic hydroxyl groups is 1. The molecule has 0 bridgehead atoms. The molecule has 4 heteroatoms. The van der Waals surface area contributed by atoms with Gasteiger partial charge in [0.1, 0.15) is 5.75 Å². The summed E-state index contributed by atoms with van der Waals surface area (Å²) < 4.78 is 0. The third kappa shape index (κ3) is 2.59. The monoisotopic (exact) mass is 288 g/mol. The number of aryl methyl sites for hydroxylation is 2. The van der Waals surface area contributed by atoms with Crippen molar-refractivity contribution in [2.75, 3.05) is 5.32 Å². The number of phenols is 1. The SMILES string of the molecule is Cc1cnc(Cl)c(NC2CCCc3cc(O)ccc32)c1. The zero-order valence-corrected chi connectivity index (χ0v) is 12.1. The van der Waals surface area contributed by atoms with Gasteiger partial charge < -0.3 is 10.4 Å². The molecule has 0 saturated carbocycles. The van der Waals surface area contributed by atoms with Crippen molar-refractivity contribution in [1.29, 1.82) is 0 Å². The van der Waals surface area contributed by atoms with Crippen molar-refractivity contribution in [2.24, 2.45) is 0 Å². The van der Waals surface area contributed by atoms with Crippen LogP contribution in [0.5, 0.6) is 5.75 Å². The minimum absolute atomic E-state index is 0.223. The van der Waals surface area contributed by atoms with Gasteiger partial charge in [-0.15, -0.1) is 0 Å². The van der Waals surface area contributed by atoms with Gasteiger partial charge >= 0.3 is 0 Å². The average Bonchev–Trinajstić information content (AvgIpc) is 2.43. The normalized spacial score (nSPS) is 17.6. The van der Waals surface area contributed by atoms with Crippen LogP contribution in [0.1, 0.15) is 35.6 Å². The van der Waals surface area contributed by atoms with Crippen molar-refractivity contribution in [3.8, 4) is 5.75 Å². The van der Waals surface area contributed by atoms with Crippen molar-refractivity contribution in [2.45, 2.75) is 32.2 Å². The summed E-state index contributed by atoms with van der Waals surface area (Å²) in [7, 11) is 0. The summed E-state index contributed by atoms with van der Waals surface area (Å²) in [4.78, 5) is 4.18. The van der Waals surface area contributed by atoms with Gasteiger partial charge in [0.25, 0.3) is 0 Å². The van der Waals surface area contributed by atoms with E-state index in [9.17, 15) is 5.11 Å². The number of phenolic OH excluding ortho intramolecular Hbond substituents is 1. The van der Waals surface area contributed by atoms with E-state index in [1.165, 1.54) is 11.1 Å². The van der Waals surface area contributed by atoms with Crippen molar-refractivity contribution in [1.82, 2.24) is 4.98 Å². The van der Waals surface area contributed by atoms with E-state index in [1.807, 2.05) is 25.1 Å². The number of halogens is 1. The molecule has 0 saturated heterocycles. The van der Waals surface area contributed by atoms with Gasteiger partial charge in [-0.25, -0.2) is 4.98 Å². The van der Waals surface area contributed by atoms with Crippen LogP contribution in [0.4, 0.5) is 5.69 Å². The van der Waals surface area contributed by atoms with Crippen molar-refractivity contribution in [3.05, 3.63) is 52.3 Å². The van der Waals surface area contributed by atoms with Gasteiger partial charge in [-0.3, -0.25) is 0 Å². The second-order valence-corrected chi connectivity index (χ2v) is 5.68. The van der Waals surface area contributed by atoms with Gasteiger partial charge in [0.15, 0.2) is 5.15 Å². The molecular formula is C16H17ClN2O. The number of rotatable bonds is 2. The third-order valence-electron chi connectivity index (χ3n) is 3.75. The van der Waals surface area contributed by atoms with Gasteiger partial charge in [-0.2, -0.15) is 0 Å². The molecule has 0 spiro atoms. The van der Waals surface area contributed by atoms with Crippen LogP contribution < -0.4 is 5.32 Å². The molecule has 3 rings (SSSR count). The number of fused-ring (bicyclic) bond motifs is 1. The zero-order valence-electron chi connectivity index (χ0n) is 11.4. The minimum Gasteiger partial charge on any atom is -0.508 e. The van der Waals surface area contributed by atoms with E-state index in [4.69, 9.17) is 11.6 Å². The molecular weight excluding hydrogens is 272 g/mol. The van der Waals surface area contributed by atoms with Gasteiger partial charge in [-0.05, 0) is 61.1 Å². The lowest BCUT2D eigenvalue weighted by Gasteiger charge is -2.27. The fraction of sp³-hybridized carbons (Fsp3) is 0.312. The highest BCUT2D eigenvalue weighted by Gasteiger charge is 2.21. The molecule has 1 aromatic carbocycles. The van der Waals surface area contributed by atoms with E-state index in [2.05, 4.69) is 10.3 Å². The first-order valence-corrected chi connectivity index (χ1v) is 7.22. The Labute approximate surface area is 123 Å². The summed E-state index contributed by atoms with van der Waals surface area (Å²) in [6, 6.07) is 7.84. The highest BCUT2D eigenvalue weighted by atomic mass is 35.5. The molecule has 1 unspecified atom stereocenters. The molecule has 1 aromatic heterocycles. The largest absolute Gasteiger partial charge is 0.508 e. The maximum atomic E-state index is 9.59. The summed E-state index contributed by atoms with van der Waals surface area (Å²) in [5.41, 5.74) is 4.41. The molecule has 0 fully saturated rings. The van der Waals surface area contributed by atoms with Gasteiger partial charge in [0.05, 0.1) is 11.7 Å². The van der Waals surface area contributed by atoms with E-state index >= 15 is 0 Å². The Kier molecular flexibility index (Phi) is 3.53. The Bertz CT molecular complexity index is 642. The second kappa shape index (κ2) is 5.33. The molecule has 3 nitrogen and oxygen atoms in total. The van der Waals surface area contributed by atoms with Crippen LogP contribution in [0.2, 0.25) is 5.15 Å². The Morgan fingerprint density at radius 3 is 3.05 bits per heavy atom. The zero-order chi connectivity index (χ0) is 14.1. The van der Waals surface area contributed by atoms with Crippen LogP contribution in [-0.4, -0.2) is 10.1 Å². The van der Waals surface area contributed by atoms with Crippen molar-refractivity contribution >= 4 is 17.3 Å². The van der Waals surface area contributed by atoms with Crippen LogP contribution in [0.15, 0.2) is 30.5 Å². The Morgan fingerprint density at radius 2 is 2.20 bits per heavy atom. The van der Waals surface area contributed by atoms with Gasteiger partial charge in [0, 0.05) is 6.20 Å². The maximum absolute atomic E-state index is 9.59. The average molecular weight is 289 g/mol. The molecule has 1 atom stereocenters. The lowest BCUT2D eigenvalue weighted by molar-refractivity contribution is 0.472. The molecule has 1 aliphatic rings. The first-order valence-electron chi connectivity index (χ1n) is 6.84. The number of anilines is 1. The lowest BCUT2D eigenvalue weighted by atomic mass is 9.87. The first kappa shape index (κ1) is 13.3. The molecule has 2 N–H and O–H groups in total. The molecule has 104 valence electrons. The van der Waals surface area contributed by atoms with E-state index in [-0.39, 0.29) is 6.04 Å². The van der Waals surface area contributed by atoms with Crippen molar-refractivity contribution in [3.63, 3.8) is 0 Å². The number of nitrogens with zero attached hydrogens (tertiary/aromatic N) is 1. The number of nitrogens with one attached hydrogen (secondary N) is 1. The van der Waals surface area contributed by atoms with E-state index in [0.717, 1.165) is 30.5 Å². The molecule has 0 aliphatic heterocycles. The second-order valence-electron chi connectivity index (χ2n) is 5.32. The Balaban J connectivity index is 1.91. The van der Waals surface area contributed by atoms with E-state index in [1.54, 1.807) is 12.3 Å². The van der Waals surface area contributed by atoms with Crippen molar-refractivity contribution < 1.29 is 5.11 Å². The summed E-state index contributed by atoms with van der Waals surface area (Å²) >= 11 is 6.15. The van der Waals surface area contributed by atoms with E-state index in [0.29, 0.717) is 10.9 Å². The fourth-order valence-electron chi connectivity index (χ4n) is 2.79. The van der Waals surface area contributed by atoms with Crippen LogP contribution in [-0.2, 0) is 6.42 Å². The number of hydrogen-bond donors (Lipinski definition) is 2. The minimum atomic E-state index is 0.223. The molecule has 1 heterocycles. The van der Waals surface area contributed by atoms with Crippen LogP contribution in [0.25, 0.3) is 0 Å². The maximum Gasteiger partial charge on any atom is 0.152 e. The summed E-state index contributed by atoms with van der Waals surface area (Å²) in [5, 5.41) is 13.6. The summed E-state index contributed by atoms with van der Waals surface area (Å²) in [5.74, 6) is 0.333. The summed E-state index contributed by atoms with van der Waals surface area (Å²) in [6.07, 6.45) is 4.94. The molecule has 1 aliphatic carbocycles. The predicted octanol–water partition coefficient (Wildman–Crippen LogP) is 4.24. The lowest BCUT2D eigenvalue weighted by Crippen LogP contribution is -2.17. The van der Waals surface area contributed by atoms with Crippen LogP contribution >= 0.6 is 11.6 Å². The molecule has 2 aromatic rings. The van der Waals surface area contributed by atoms with E-state index < -0.39 is 0 Å². The Hall–Kier alpha value is -1.74. The van der Waals surface area contributed by atoms with Gasteiger partial charge in [-0.1, -0.05) is 17.7 Å². The number of aromatic nitrogens is 1. The molecule has 20 heavy (non-hydrogen) atoms. The van der Waals surface area contributed by atoms with Crippen LogP contribution in [0, 0.1) is 6.92 Å². The highest BCUT2D eigenvalue weighted by molar-refractivity contribution is 6.32. The van der Waals surface area contributed by atoms with Crippen LogP contribution in [0.3, 0.4) is 0 Å². The smallest absolute Gasteiger partial charge is 0.152 e. The third-order valence-corrected chi connectivity index (χ3v) is 4.05. The molecule has 0 radical (unpaired) electrons. The quantitative estimate of drug-likeness (QED) is 0.813. The number of hydrogen-bond acceptors (Lipinski definition) is 3. The fourth-order valence-corrected chi connectivity index (χ4v) is 2.95. The predicted molar refractivity (Wildman–Crippen MR) is 81.4 cm³/mol. The first-order chi connectivity index (χ1) is 9.63. The summed E-state index contributed by atoms with van der Waals surface area (Å²) in [6.45, 7) is 2.00. The Morgan fingerprint density at radius 1 is 1.35 bits per heavy atom. The molecule has 0 amide bonds. The topological polar surface area (TPSA) is 45.2 Å². The number of pyridine rings is 1.